The van der Waals surface area contributed by atoms with E-state index in [2.05, 4.69) is 6.92 Å². The molecule has 12 heavy (non-hydrogen) atoms. The fraction of sp³-hybridized carbons (Fsp3) is 1.00. The van der Waals surface area contributed by atoms with E-state index in [-0.39, 0.29) is 0 Å². The Morgan fingerprint density at radius 3 is 2.75 bits per heavy atom. The predicted octanol–water partition coefficient (Wildman–Crippen LogP) is 0.0173. The molecule has 1 fully saturated rings. The molecule has 0 radical (unpaired) electrons. The molecule has 1 atom stereocenters. The van der Waals surface area contributed by atoms with Gasteiger partial charge in [-0.3, -0.25) is 0 Å². The van der Waals surface area contributed by atoms with E-state index in [9.17, 15) is 8.42 Å². The van der Waals surface area contributed by atoms with Gasteiger partial charge in [-0.2, -0.15) is 24.5 Å². The zero-order valence-corrected chi connectivity index (χ0v) is 8.70. The number of nitrogens with two attached hydrogens (primary N) is 1. The number of hydrogen-bond donors (Lipinski definition) is 1. The Balaban J connectivity index is 2.46. The molecule has 72 valence electrons. The molecule has 2 N–H and O–H groups in total. The first-order valence-corrected chi connectivity index (χ1v) is 6.48. The molecule has 0 bridgehead atoms. The summed E-state index contributed by atoms with van der Waals surface area (Å²) in [7, 11) is -3.43. The van der Waals surface area contributed by atoms with Crippen LogP contribution in [-0.2, 0) is 10.2 Å². The Kier molecular flexibility index (Phi) is 3.39. The van der Waals surface area contributed by atoms with Crippen molar-refractivity contribution in [1.29, 1.82) is 0 Å². The molecule has 0 amide bonds. The molecule has 0 aromatic heterocycles. The van der Waals surface area contributed by atoms with Gasteiger partial charge in [0.25, 0.3) is 10.2 Å². The van der Waals surface area contributed by atoms with Crippen LogP contribution in [0.1, 0.15) is 13.3 Å². The van der Waals surface area contributed by atoms with Crippen molar-refractivity contribution in [2.24, 2.45) is 5.14 Å². The SMILES string of the molecule is CCSC1CCN(S(N)(=O)=O)C1. The summed E-state index contributed by atoms with van der Waals surface area (Å²) < 4.78 is 23.1. The van der Waals surface area contributed by atoms with Crippen molar-refractivity contribution >= 4 is 22.0 Å². The lowest BCUT2D eigenvalue weighted by molar-refractivity contribution is 0.479. The van der Waals surface area contributed by atoms with Gasteiger partial charge in [-0.1, -0.05) is 6.92 Å². The molecule has 0 aromatic rings. The number of nitrogens with zero attached hydrogens (tertiary/aromatic N) is 1. The smallest absolute Gasteiger partial charge is 0.216 e. The largest absolute Gasteiger partial charge is 0.276 e. The van der Waals surface area contributed by atoms with E-state index in [1.54, 1.807) is 11.8 Å². The van der Waals surface area contributed by atoms with Crippen LogP contribution >= 0.6 is 11.8 Å². The molecule has 1 unspecified atom stereocenters. The normalized spacial score (nSPS) is 26.3. The monoisotopic (exact) mass is 210 g/mol. The number of rotatable bonds is 3. The van der Waals surface area contributed by atoms with Crippen LogP contribution in [0.3, 0.4) is 0 Å². The molecule has 1 aliphatic heterocycles. The molecule has 0 spiro atoms. The maximum atomic E-state index is 10.9. The molecule has 1 saturated heterocycles. The van der Waals surface area contributed by atoms with Gasteiger partial charge in [0.05, 0.1) is 0 Å². The van der Waals surface area contributed by atoms with E-state index in [0.29, 0.717) is 18.3 Å². The van der Waals surface area contributed by atoms with Crippen molar-refractivity contribution in [3.63, 3.8) is 0 Å². The van der Waals surface area contributed by atoms with Crippen molar-refractivity contribution in [1.82, 2.24) is 4.31 Å². The van der Waals surface area contributed by atoms with Gasteiger partial charge in [-0.25, -0.2) is 5.14 Å². The van der Waals surface area contributed by atoms with Crippen LogP contribution in [0.15, 0.2) is 0 Å². The second kappa shape index (κ2) is 3.95. The number of thioether (sulfide) groups is 1. The molecule has 1 rings (SSSR count). The van der Waals surface area contributed by atoms with Gasteiger partial charge in [0.1, 0.15) is 0 Å². The molecular formula is C6H14N2O2S2. The van der Waals surface area contributed by atoms with Crippen molar-refractivity contribution in [2.75, 3.05) is 18.8 Å². The van der Waals surface area contributed by atoms with Crippen LogP contribution < -0.4 is 5.14 Å². The van der Waals surface area contributed by atoms with E-state index >= 15 is 0 Å². The van der Waals surface area contributed by atoms with Gasteiger partial charge < -0.3 is 0 Å². The van der Waals surface area contributed by atoms with E-state index in [1.807, 2.05) is 0 Å². The van der Waals surface area contributed by atoms with Gasteiger partial charge >= 0.3 is 0 Å². The van der Waals surface area contributed by atoms with Crippen LogP contribution in [0.5, 0.6) is 0 Å². The summed E-state index contributed by atoms with van der Waals surface area (Å²) in [6.45, 7) is 3.23. The van der Waals surface area contributed by atoms with E-state index in [1.165, 1.54) is 4.31 Å². The van der Waals surface area contributed by atoms with Crippen LogP contribution in [0.2, 0.25) is 0 Å². The predicted molar refractivity (Wildman–Crippen MR) is 51.2 cm³/mol. The molecule has 0 aliphatic carbocycles. The Morgan fingerprint density at radius 2 is 2.33 bits per heavy atom. The van der Waals surface area contributed by atoms with Gasteiger partial charge in [-0.05, 0) is 12.2 Å². The number of hydrogen-bond acceptors (Lipinski definition) is 3. The topological polar surface area (TPSA) is 63.4 Å². The highest BCUT2D eigenvalue weighted by molar-refractivity contribution is 7.99. The lowest BCUT2D eigenvalue weighted by Gasteiger charge is -2.11. The molecule has 0 aromatic carbocycles. The van der Waals surface area contributed by atoms with Gasteiger partial charge in [0, 0.05) is 18.3 Å². The second-order valence-corrected chi connectivity index (χ2v) is 5.89. The summed E-state index contributed by atoms with van der Waals surface area (Å²) >= 11 is 1.80. The fourth-order valence-electron chi connectivity index (χ4n) is 1.30. The average Bonchev–Trinajstić information content (AvgIpc) is 2.35. The highest BCUT2D eigenvalue weighted by Crippen LogP contribution is 2.22. The zero-order valence-electron chi connectivity index (χ0n) is 7.06. The van der Waals surface area contributed by atoms with E-state index in [0.717, 1.165) is 12.2 Å². The van der Waals surface area contributed by atoms with Crippen LogP contribution in [0.4, 0.5) is 0 Å². The molecule has 6 heteroatoms. The molecule has 1 aliphatic rings. The highest BCUT2D eigenvalue weighted by Gasteiger charge is 2.28. The Morgan fingerprint density at radius 1 is 1.67 bits per heavy atom. The zero-order chi connectivity index (χ0) is 9.19. The highest BCUT2D eigenvalue weighted by atomic mass is 32.2. The van der Waals surface area contributed by atoms with Crippen LogP contribution in [0, 0.1) is 0 Å². The van der Waals surface area contributed by atoms with Crippen molar-refractivity contribution in [3.8, 4) is 0 Å². The Labute approximate surface area is 77.7 Å². The van der Waals surface area contributed by atoms with Gasteiger partial charge in [-0.15, -0.1) is 0 Å². The first kappa shape index (κ1) is 10.3. The van der Waals surface area contributed by atoms with Crippen molar-refractivity contribution in [3.05, 3.63) is 0 Å². The molecule has 1 heterocycles. The third-order valence-electron chi connectivity index (χ3n) is 1.87. The van der Waals surface area contributed by atoms with Crippen LogP contribution in [0.25, 0.3) is 0 Å². The Bertz CT molecular complexity index is 240. The third-order valence-corrected chi connectivity index (χ3v) is 4.11. The molecule has 0 saturated carbocycles. The summed E-state index contributed by atoms with van der Waals surface area (Å²) in [4.78, 5) is 0. The summed E-state index contributed by atoms with van der Waals surface area (Å²) in [5.74, 6) is 1.03. The fourth-order valence-corrected chi connectivity index (χ4v) is 3.17. The average molecular weight is 210 g/mol. The lowest BCUT2D eigenvalue weighted by Crippen LogP contribution is -2.35. The minimum atomic E-state index is -3.43. The molecule has 4 nitrogen and oxygen atoms in total. The first-order chi connectivity index (χ1) is 5.54. The Hall–Kier alpha value is 0.220. The second-order valence-electron chi connectivity index (χ2n) is 2.77. The lowest BCUT2D eigenvalue weighted by atomic mass is 10.4. The summed E-state index contributed by atoms with van der Waals surface area (Å²) in [6, 6.07) is 0. The van der Waals surface area contributed by atoms with Crippen LogP contribution in [-0.4, -0.2) is 36.8 Å². The summed E-state index contributed by atoms with van der Waals surface area (Å²) in [6.07, 6.45) is 0.926. The van der Waals surface area contributed by atoms with E-state index in [4.69, 9.17) is 5.14 Å². The summed E-state index contributed by atoms with van der Waals surface area (Å²) in [5.41, 5.74) is 0. The van der Waals surface area contributed by atoms with Crippen molar-refractivity contribution in [2.45, 2.75) is 18.6 Å². The standard InChI is InChI=1S/C6H14N2O2S2/c1-2-11-6-3-4-8(5-6)12(7,9)10/h6H,2-5H2,1H3,(H2,7,9,10). The molecular weight excluding hydrogens is 196 g/mol. The third kappa shape index (κ3) is 2.62. The minimum absolute atomic E-state index is 0.438. The van der Waals surface area contributed by atoms with Gasteiger partial charge in [0.15, 0.2) is 0 Å². The maximum absolute atomic E-state index is 10.9. The quantitative estimate of drug-likeness (QED) is 0.714. The summed E-state index contributed by atoms with van der Waals surface area (Å²) in [5, 5.41) is 5.43. The minimum Gasteiger partial charge on any atom is -0.216 e. The van der Waals surface area contributed by atoms with Crippen molar-refractivity contribution < 1.29 is 8.42 Å². The first-order valence-electron chi connectivity index (χ1n) is 3.93. The van der Waals surface area contributed by atoms with E-state index < -0.39 is 10.2 Å². The maximum Gasteiger partial charge on any atom is 0.276 e. The van der Waals surface area contributed by atoms with Gasteiger partial charge in [0.2, 0.25) is 0 Å².